The maximum Gasteiger partial charge on any atom is 0.336 e. The van der Waals surface area contributed by atoms with E-state index in [1.165, 1.54) is 18.3 Å². The second-order valence-corrected chi connectivity index (χ2v) is 5.55. The monoisotopic (exact) mass is 326 g/mol. The first-order valence-electron chi connectivity index (χ1n) is 7.25. The van der Waals surface area contributed by atoms with E-state index in [1.807, 2.05) is 13.8 Å². The fourth-order valence-corrected chi connectivity index (χ4v) is 2.56. The van der Waals surface area contributed by atoms with Crippen molar-refractivity contribution in [2.45, 2.75) is 19.9 Å². The molecule has 0 aliphatic rings. The first kappa shape index (κ1) is 15.6. The molecule has 24 heavy (non-hydrogen) atoms. The quantitative estimate of drug-likeness (QED) is 0.581. The highest BCUT2D eigenvalue weighted by atomic mass is 16.6. The lowest BCUT2D eigenvalue weighted by atomic mass is 10.1. The van der Waals surface area contributed by atoms with Gasteiger partial charge < -0.3 is 5.11 Å². The van der Waals surface area contributed by atoms with E-state index in [0.717, 1.165) is 0 Å². The van der Waals surface area contributed by atoms with E-state index in [1.54, 1.807) is 22.9 Å². The van der Waals surface area contributed by atoms with E-state index in [4.69, 9.17) is 0 Å². The molecule has 0 unspecified atom stereocenters. The molecule has 0 amide bonds. The van der Waals surface area contributed by atoms with E-state index in [9.17, 15) is 20.0 Å². The third-order valence-corrected chi connectivity index (χ3v) is 3.66. The summed E-state index contributed by atoms with van der Waals surface area (Å²) in [6.07, 6.45) is 1.45. The lowest BCUT2D eigenvalue weighted by Gasteiger charge is -2.09. The number of aromatic nitrogens is 3. The standard InChI is InChI=1S/C16H14N4O4/c1-9(2)19-15-12(8-17-19)11(16(21)22)7-13(18-15)10-5-3-4-6-14(10)20(23)24/h3-9H,1-2H3,(H,21,22). The van der Waals surface area contributed by atoms with E-state index in [0.29, 0.717) is 11.0 Å². The number of fused-ring (bicyclic) bond motifs is 1. The Labute approximate surface area is 136 Å². The van der Waals surface area contributed by atoms with Crippen LogP contribution in [-0.2, 0) is 0 Å². The van der Waals surface area contributed by atoms with Crippen LogP contribution in [-0.4, -0.2) is 30.8 Å². The van der Waals surface area contributed by atoms with Crippen molar-refractivity contribution in [3.05, 3.63) is 52.2 Å². The van der Waals surface area contributed by atoms with Crippen molar-refractivity contribution < 1.29 is 14.8 Å². The van der Waals surface area contributed by atoms with Gasteiger partial charge in [0.1, 0.15) is 0 Å². The molecule has 0 atom stereocenters. The van der Waals surface area contributed by atoms with Gasteiger partial charge in [0.05, 0.1) is 33.3 Å². The number of benzene rings is 1. The number of carbonyl (C=O) groups is 1. The second kappa shape index (κ2) is 5.73. The normalized spacial score (nSPS) is 11.1. The summed E-state index contributed by atoms with van der Waals surface area (Å²) in [6, 6.07) is 7.43. The average Bonchev–Trinajstić information content (AvgIpc) is 2.97. The van der Waals surface area contributed by atoms with Crippen LogP contribution in [0.3, 0.4) is 0 Å². The number of carboxylic acid groups (broad SMARTS) is 1. The van der Waals surface area contributed by atoms with Crippen LogP contribution in [0.4, 0.5) is 5.69 Å². The van der Waals surface area contributed by atoms with Gasteiger partial charge in [-0.3, -0.25) is 10.1 Å². The summed E-state index contributed by atoms with van der Waals surface area (Å²) >= 11 is 0. The number of nitrogens with zero attached hydrogens (tertiary/aromatic N) is 4. The van der Waals surface area contributed by atoms with Gasteiger partial charge in [0.15, 0.2) is 5.65 Å². The molecule has 0 radical (unpaired) electrons. The van der Waals surface area contributed by atoms with Gasteiger partial charge >= 0.3 is 5.97 Å². The maximum absolute atomic E-state index is 11.6. The zero-order valence-electron chi connectivity index (χ0n) is 13.0. The van der Waals surface area contributed by atoms with Crippen LogP contribution in [0.1, 0.15) is 30.2 Å². The van der Waals surface area contributed by atoms with Crippen molar-refractivity contribution in [1.29, 1.82) is 0 Å². The summed E-state index contributed by atoms with van der Waals surface area (Å²) in [5.74, 6) is -1.13. The first-order chi connectivity index (χ1) is 11.4. The predicted molar refractivity (Wildman–Crippen MR) is 87.0 cm³/mol. The Hall–Kier alpha value is -3.29. The fraction of sp³-hybridized carbons (Fsp3) is 0.188. The summed E-state index contributed by atoms with van der Waals surface area (Å²) < 4.78 is 1.60. The predicted octanol–water partition coefficient (Wildman–Crippen LogP) is 3.29. The van der Waals surface area contributed by atoms with Gasteiger partial charge in [0, 0.05) is 12.1 Å². The molecule has 2 heterocycles. The Kier molecular flexibility index (Phi) is 3.72. The fourth-order valence-electron chi connectivity index (χ4n) is 2.56. The number of rotatable bonds is 4. The second-order valence-electron chi connectivity index (χ2n) is 5.55. The van der Waals surface area contributed by atoms with E-state index < -0.39 is 10.9 Å². The highest BCUT2D eigenvalue weighted by Gasteiger charge is 2.21. The minimum atomic E-state index is -1.13. The highest BCUT2D eigenvalue weighted by molar-refractivity contribution is 6.03. The van der Waals surface area contributed by atoms with Crippen LogP contribution < -0.4 is 0 Å². The van der Waals surface area contributed by atoms with Gasteiger partial charge in [0.2, 0.25) is 0 Å². The van der Waals surface area contributed by atoms with Gasteiger partial charge in [-0.05, 0) is 26.0 Å². The molecule has 0 saturated heterocycles. The maximum atomic E-state index is 11.6. The first-order valence-corrected chi connectivity index (χ1v) is 7.25. The Morgan fingerprint density at radius 2 is 2.04 bits per heavy atom. The van der Waals surface area contributed by atoms with Crippen molar-refractivity contribution in [3.63, 3.8) is 0 Å². The number of nitro benzene ring substituents is 1. The van der Waals surface area contributed by atoms with Crippen molar-refractivity contribution in [2.24, 2.45) is 0 Å². The lowest BCUT2D eigenvalue weighted by Crippen LogP contribution is -2.06. The molecule has 3 aromatic rings. The molecule has 1 N–H and O–H groups in total. The molecule has 8 heteroatoms. The van der Waals surface area contributed by atoms with Crippen LogP contribution in [0, 0.1) is 10.1 Å². The van der Waals surface area contributed by atoms with Crippen molar-refractivity contribution in [2.75, 3.05) is 0 Å². The summed E-state index contributed by atoms with van der Waals surface area (Å²) in [6.45, 7) is 3.79. The summed E-state index contributed by atoms with van der Waals surface area (Å²) in [7, 11) is 0. The number of nitro groups is 1. The van der Waals surface area contributed by atoms with E-state index in [2.05, 4.69) is 10.1 Å². The molecule has 0 saturated carbocycles. The molecule has 0 bridgehead atoms. The van der Waals surface area contributed by atoms with Crippen LogP contribution in [0.15, 0.2) is 36.5 Å². The molecular weight excluding hydrogens is 312 g/mol. The third kappa shape index (κ3) is 2.47. The van der Waals surface area contributed by atoms with Crippen LogP contribution >= 0.6 is 0 Å². The van der Waals surface area contributed by atoms with Gasteiger partial charge in [-0.2, -0.15) is 5.10 Å². The third-order valence-electron chi connectivity index (χ3n) is 3.66. The zero-order chi connectivity index (χ0) is 17.4. The number of aromatic carboxylic acids is 1. The van der Waals surface area contributed by atoms with Crippen LogP contribution in [0.5, 0.6) is 0 Å². The number of para-hydroxylation sites is 1. The van der Waals surface area contributed by atoms with Crippen molar-refractivity contribution in [3.8, 4) is 11.3 Å². The molecule has 3 rings (SSSR count). The molecule has 1 aromatic carbocycles. The molecule has 2 aromatic heterocycles. The molecule has 122 valence electrons. The van der Waals surface area contributed by atoms with E-state index >= 15 is 0 Å². The number of pyridine rings is 1. The van der Waals surface area contributed by atoms with Gasteiger partial charge in [-0.1, -0.05) is 12.1 Å². The molecule has 0 aliphatic heterocycles. The van der Waals surface area contributed by atoms with Crippen LogP contribution in [0.25, 0.3) is 22.3 Å². The van der Waals surface area contributed by atoms with Crippen molar-refractivity contribution >= 4 is 22.7 Å². The van der Waals surface area contributed by atoms with Crippen molar-refractivity contribution in [1.82, 2.24) is 14.8 Å². The molecular formula is C16H14N4O4. The summed E-state index contributed by atoms with van der Waals surface area (Å²) in [5.41, 5.74) is 0.771. The SMILES string of the molecule is CC(C)n1ncc2c(C(=O)O)cc(-c3ccccc3[N+](=O)[O-])nc21. The number of hydrogen-bond donors (Lipinski definition) is 1. The topological polar surface area (TPSA) is 111 Å². The molecule has 8 nitrogen and oxygen atoms in total. The minimum absolute atomic E-state index is 0.0139. The minimum Gasteiger partial charge on any atom is -0.478 e. The number of hydrogen-bond acceptors (Lipinski definition) is 5. The lowest BCUT2D eigenvalue weighted by molar-refractivity contribution is -0.384. The Bertz CT molecular complexity index is 962. The van der Waals surface area contributed by atoms with E-state index in [-0.39, 0.29) is 28.6 Å². The zero-order valence-corrected chi connectivity index (χ0v) is 13.0. The Morgan fingerprint density at radius 3 is 2.67 bits per heavy atom. The Balaban J connectivity index is 2.36. The number of carboxylic acids is 1. The molecule has 0 fully saturated rings. The highest BCUT2D eigenvalue weighted by Crippen LogP contribution is 2.31. The summed E-state index contributed by atoms with van der Waals surface area (Å²) in [4.78, 5) is 26.8. The van der Waals surface area contributed by atoms with Crippen LogP contribution in [0.2, 0.25) is 0 Å². The molecule has 0 spiro atoms. The summed E-state index contributed by atoms with van der Waals surface area (Å²) in [5, 5.41) is 25.3. The average molecular weight is 326 g/mol. The smallest absolute Gasteiger partial charge is 0.336 e. The van der Waals surface area contributed by atoms with Gasteiger partial charge in [0.25, 0.3) is 5.69 Å². The Morgan fingerprint density at radius 1 is 1.33 bits per heavy atom. The molecule has 0 aliphatic carbocycles. The van der Waals surface area contributed by atoms with Gasteiger partial charge in [-0.25, -0.2) is 14.5 Å². The largest absolute Gasteiger partial charge is 0.478 e. The van der Waals surface area contributed by atoms with Gasteiger partial charge in [-0.15, -0.1) is 0 Å².